The van der Waals surface area contributed by atoms with Gasteiger partial charge in [0.05, 0.1) is 18.1 Å². The summed E-state index contributed by atoms with van der Waals surface area (Å²) >= 11 is 1.54. The van der Waals surface area contributed by atoms with Gasteiger partial charge in [0.1, 0.15) is 0 Å². The molecule has 0 spiro atoms. The van der Waals surface area contributed by atoms with Gasteiger partial charge in [0.15, 0.2) is 0 Å². The lowest BCUT2D eigenvalue weighted by molar-refractivity contribution is -0.136. The molecule has 0 aliphatic rings. The third-order valence-electron chi connectivity index (χ3n) is 1.97. The Bertz CT molecular complexity index is 481. The zero-order chi connectivity index (χ0) is 10.7. The van der Waals surface area contributed by atoms with Crippen LogP contribution in [0.3, 0.4) is 0 Å². The van der Waals surface area contributed by atoms with E-state index < -0.39 is 5.97 Å². The number of fused-ring (bicyclic) bond motifs is 1. The molecule has 5 heteroatoms. The van der Waals surface area contributed by atoms with Gasteiger partial charge in [-0.25, -0.2) is 4.52 Å². The molecule has 0 saturated heterocycles. The van der Waals surface area contributed by atoms with Crippen LogP contribution in [0, 0.1) is 0 Å². The van der Waals surface area contributed by atoms with Crippen molar-refractivity contribution in [3.8, 4) is 0 Å². The first-order chi connectivity index (χ1) is 7.27. The number of carboxylic acid groups (broad SMARTS) is 1. The highest BCUT2D eigenvalue weighted by atomic mass is 32.2. The molecule has 0 bridgehead atoms. The van der Waals surface area contributed by atoms with Gasteiger partial charge >= 0.3 is 5.97 Å². The van der Waals surface area contributed by atoms with Gasteiger partial charge in [-0.2, -0.15) is 5.10 Å². The van der Waals surface area contributed by atoms with Crippen molar-refractivity contribution < 1.29 is 9.90 Å². The summed E-state index contributed by atoms with van der Waals surface area (Å²) in [5.74, 6) is -0.178. The third kappa shape index (κ3) is 2.30. The maximum atomic E-state index is 10.4. The number of nitrogens with zero attached hydrogens (tertiary/aromatic N) is 2. The minimum absolute atomic E-state index is 0.180. The monoisotopic (exact) mass is 222 g/mol. The van der Waals surface area contributed by atoms with Crippen molar-refractivity contribution in [3.63, 3.8) is 0 Å². The average molecular weight is 222 g/mol. The van der Waals surface area contributed by atoms with Crippen molar-refractivity contribution >= 4 is 23.2 Å². The van der Waals surface area contributed by atoms with Gasteiger partial charge in [-0.1, -0.05) is 0 Å². The number of hydrogen-bond donors (Lipinski definition) is 1. The van der Waals surface area contributed by atoms with Crippen molar-refractivity contribution in [1.82, 2.24) is 9.61 Å². The number of rotatable bonds is 4. The molecule has 2 rings (SSSR count). The molecule has 78 valence electrons. The van der Waals surface area contributed by atoms with Crippen LogP contribution in [0.2, 0.25) is 0 Å². The molecule has 4 nitrogen and oxygen atoms in total. The van der Waals surface area contributed by atoms with Crippen molar-refractivity contribution in [2.75, 3.05) is 5.75 Å². The van der Waals surface area contributed by atoms with Crippen molar-refractivity contribution in [1.29, 1.82) is 0 Å². The SMILES string of the molecule is O=C(O)CCSc1cccn2nccc12. The van der Waals surface area contributed by atoms with Crippen LogP contribution in [0.5, 0.6) is 0 Å². The Morgan fingerprint density at radius 3 is 3.20 bits per heavy atom. The minimum atomic E-state index is -0.761. The molecule has 1 N–H and O–H groups in total. The number of aliphatic carboxylic acids is 1. The fourth-order valence-electron chi connectivity index (χ4n) is 1.30. The summed E-state index contributed by atoms with van der Waals surface area (Å²) in [4.78, 5) is 11.4. The molecule has 2 heterocycles. The van der Waals surface area contributed by atoms with E-state index in [9.17, 15) is 4.79 Å². The van der Waals surface area contributed by atoms with Gasteiger partial charge in [-0.15, -0.1) is 11.8 Å². The molecular weight excluding hydrogens is 212 g/mol. The topological polar surface area (TPSA) is 54.6 Å². The van der Waals surface area contributed by atoms with Gasteiger partial charge in [0, 0.05) is 16.8 Å². The van der Waals surface area contributed by atoms with E-state index in [0.717, 1.165) is 10.4 Å². The lowest BCUT2D eigenvalue weighted by Crippen LogP contribution is -1.96. The first kappa shape index (κ1) is 10.0. The molecule has 2 aromatic heterocycles. The summed E-state index contributed by atoms with van der Waals surface area (Å²) in [5.41, 5.74) is 1.02. The molecule has 2 aromatic rings. The van der Waals surface area contributed by atoms with Gasteiger partial charge in [-0.3, -0.25) is 4.79 Å². The van der Waals surface area contributed by atoms with Crippen LogP contribution >= 0.6 is 11.8 Å². The molecule has 0 fully saturated rings. The second kappa shape index (κ2) is 4.35. The Labute approximate surface area is 90.9 Å². The predicted molar refractivity (Wildman–Crippen MR) is 58.2 cm³/mol. The quantitative estimate of drug-likeness (QED) is 0.803. The molecule has 0 saturated carbocycles. The Kier molecular flexibility index (Phi) is 2.91. The number of aromatic nitrogens is 2. The fraction of sp³-hybridized carbons (Fsp3) is 0.200. The molecule has 0 unspecified atom stereocenters. The van der Waals surface area contributed by atoms with Crippen molar-refractivity contribution in [2.45, 2.75) is 11.3 Å². The Morgan fingerprint density at radius 1 is 1.53 bits per heavy atom. The zero-order valence-electron chi connectivity index (χ0n) is 7.96. The standard InChI is InChI=1S/C10H10N2O2S/c13-10(14)4-7-15-9-2-1-6-12-8(9)3-5-11-12/h1-3,5-6H,4,7H2,(H,13,14). The number of hydrogen-bond acceptors (Lipinski definition) is 3. The van der Waals surface area contributed by atoms with E-state index in [1.54, 1.807) is 22.5 Å². The van der Waals surface area contributed by atoms with Gasteiger partial charge in [0.2, 0.25) is 0 Å². The van der Waals surface area contributed by atoms with E-state index in [-0.39, 0.29) is 6.42 Å². The van der Waals surface area contributed by atoms with Crippen LogP contribution in [0.4, 0.5) is 0 Å². The minimum Gasteiger partial charge on any atom is -0.481 e. The average Bonchev–Trinajstić information content (AvgIpc) is 2.65. The highest BCUT2D eigenvalue weighted by molar-refractivity contribution is 7.99. The first-order valence-electron chi connectivity index (χ1n) is 4.54. The van der Waals surface area contributed by atoms with Crippen molar-refractivity contribution in [2.24, 2.45) is 0 Å². The third-order valence-corrected chi connectivity index (χ3v) is 3.04. The second-order valence-electron chi connectivity index (χ2n) is 3.03. The van der Waals surface area contributed by atoms with Crippen LogP contribution in [0.15, 0.2) is 35.5 Å². The molecule has 0 amide bonds. The molecule has 0 aromatic carbocycles. The Morgan fingerprint density at radius 2 is 2.40 bits per heavy atom. The largest absolute Gasteiger partial charge is 0.481 e. The number of carboxylic acids is 1. The summed E-state index contributed by atoms with van der Waals surface area (Å²) in [7, 11) is 0. The van der Waals surface area contributed by atoms with Gasteiger partial charge in [0.25, 0.3) is 0 Å². The maximum absolute atomic E-state index is 10.4. The van der Waals surface area contributed by atoms with Crippen LogP contribution in [0.1, 0.15) is 6.42 Å². The molecule has 0 atom stereocenters. The van der Waals surface area contributed by atoms with E-state index in [2.05, 4.69) is 5.10 Å². The molecule has 0 radical (unpaired) electrons. The first-order valence-corrected chi connectivity index (χ1v) is 5.53. The van der Waals surface area contributed by atoms with Gasteiger partial charge in [-0.05, 0) is 18.2 Å². The summed E-state index contributed by atoms with van der Waals surface area (Å²) in [5, 5.41) is 12.6. The second-order valence-corrected chi connectivity index (χ2v) is 4.16. The fourth-order valence-corrected chi connectivity index (χ4v) is 2.28. The lowest BCUT2D eigenvalue weighted by Gasteiger charge is -2.01. The van der Waals surface area contributed by atoms with E-state index in [1.165, 1.54) is 0 Å². The zero-order valence-corrected chi connectivity index (χ0v) is 8.78. The van der Waals surface area contributed by atoms with Crippen molar-refractivity contribution in [3.05, 3.63) is 30.6 Å². The summed E-state index contributed by atoms with van der Waals surface area (Å²) in [6, 6.07) is 5.80. The number of carbonyl (C=O) groups is 1. The summed E-state index contributed by atoms with van der Waals surface area (Å²) in [6.45, 7) is 0. The normalized spacial score (nSPS) is 10.7. The molecule has 0 aliphatic heterocycles. The predicted octanol–water partition coefficient (Wildman–Crippen LogP) is 1.90. The maximum Gasteiger partial charge on any atom is 0.304 e. The van der Waals surface area contributed by atoms with E-state index >= 15 is 0 Å². The summed E-state index contributed by atoms with van der Waals surface area (Å²) < 4.78 is 1.78. The highest BCUT2D eigenvalue weighted by Gasteiger charge is 2.03. The summed E-state index contributed by atoms with van der Waals surface area (Å²) in [6.07, 6.45) is 3.78. The highest BCUT2D eigenvalue weighted by Crippen LogP contribution is 2.23. The van der Waals surface area contributed by atoms with Crippen LogP contribution in [-0.2, 0) is 4.79 Å². The molecular formula is C10H10N2O2S. The number of pyridine rings is 1. The van der Waals surface area contributed by atoms with E-state index in [0.29, 0.717) is 5.75 Å². The smallest absolute Gasteiger partial charge is 0.304 e. The van der Waals surface area contributed by atoms with Crippen LogP contribution in [-0.4, -0.2) is 26.4 Å². The van der Waals surface area contributed by atoms with Gasteiger partial charge < -0.3 is 5.11 Å². The van der Waals surface area contributed by atoms with Crippen LogP contribution < -0.4 is 0 Å². The van der Waals surface area contributed by atoms with E-state index in [1.807, 2.05) is 24.4 Å². The number of thioether (sulfide) groups is 1. The lowest BCUT2D eigenvalue weighted by atomic mass is 10.4. The Balaban J connectivity index is 2.13. The molecule has 15 heavy (non-hydrogen) atoms. The Hall–Kier alpha value is -1.49. The molecule has 0 aliphatic carbocycles. The van der Waals surface area contributed by atoms with E-state index in [4.69, 9.17) is 5.11 Å². The van der Waals surface area contributed by atoms with Crippen LogP contribution in [0.25, 0.3) is 5.52 Å².